The predicted molar refractivity (Wildman–Crippen MR) is 80.2 cm³/mol. The number of thiophene rings is 2. The normalized spacial score (nSPS) is 12.0. The van der Waals surface area contributed by atoms with E-state index >= 15 is 0 Å². The number of nitrogens with one attached hydrogen (secondary N) is 1. The van der Waals surface area contributed by atoms with Gasteiger partial charge in [0.15, 0.2) is 0 Å². The van der Waals surface area contributed by atoms with Crippen LogP contribution in [-0.2, 0) is 16.6 Å². The first-order chi connectivity index (χ1) is 9.17. The Morgan fingerprint density at radius 2 is 1.89 bits per heavy atom. The van der Waals surface area contributed by atoms with Gasteiger partial charge in [-0.2, -0.15) is 0 Å². The summed E-state index contributed by atoms with van der Waals surface area (Å²) in [5, 5.41) is 4.87. The zero-order valence-corrected chi connectivity index (χ0v) is 12.3. The molecule has 3 rings (SSSR count). The maximum atomic E-state index is 12.0. The Bertz CT molecular complexity index is 788. The highest BCUT2D eigenvalue weighted by atomic mass is 32.2. The molecule has 0 radical (unpaired) electrons. The number of hydrogen-bond acceptors (Lipinski definition) is 4. The topological polar surface area (TPSA) is 46.2 Å². The molecule has 1 aromatic carbocycles. The second-order valence-electron chi connectivity index (χ2n) is 4.01. The Morgan fingerprint density at radius 3 is 2.68 bits per heavy atom. The van der Waals surface area contributed by atoms with Gasteiger partial charge in [-0.1, -0.05) is 24.3 Å². The van der Waals surface area contributed by atoms with Gasteiger partial charge in [-0.05, 0) is 33.8 Å². The minimum atomic E-state index is -3.39. The van der Waals surface area contributed by atoms with Crippen LogP contribution in [-0.4, -0.2) is 8.42 Å². The molecule has 2 heterocycles. The predicted octanol–water partition coefficient (Wildman–Crippen LogP) is 3.44. The van der Waals surface area contributed by atoms with E-state index in [2.05, 4.69) is 4.72 Å². The summed E-state index contributed by atoms with van der Waals surface area (Å²) in [5.74, 6) is 0. The second kappa shape index (κ2) is 5.05. The summed E-state index contributed by atoms with van der Waals surface area (Å²) in [5.41, 5.74) is 1.01. The summed E-state index contributed by atoms with van der Waals surface area (Å²) in [6.45, 7) is 0.324. The van der Waals surface area contributed by atoms with Gasteiger partial charge < -0.3 is 0 Å². The molecule has 0 unspecified atom stereocenters. The molecule has 6 heteroatoms. The smallest absolute Gasteiger partial charge is 0.206 e. The van der Waals surface area contributed by atoms with Crippen LogP contribution in [0.1, 0.15) is 5.56 Å². The highest BCUT2D eigenvalue weighted by Gasteiger charge is 2.15. The van der Waals surface area contributed by atoms with Gasteiger partial charge >= 0.3 is 0 Å². The maximum absolute atomic E-state index is 12.0. The van der Waals surface area contributed by atoms with Crippen LogP contribution in [0.5, 0.6) is 0 Å². The monoisotopic (exact) mass is 309 g/mol. The van der Waals surface area contributed by atoms with Crippen LogP contribution in [0.15, 0.2) is 51.4 Å². The third-order valence-electron chi connectivity index (χ3n) is 2.77. The van der Waals surface area contributed by atoms with E-state index in [1.807, 2.05) is 29.6 Å². The number of rotatable bonds is 4. The molecule has 0 saturated heterocycles. The third kappa shape index (κ3) is 2.57. The van der Waals surface area contributed by atoms with E-state index in [9.17, 15) is 8.42 Å². The molecular formula is C13H11NO2S3. The summed E-state index contributed by atoms with van der Waals surface area (Å²) < 4.78 is 28.2. The number of fused-ring (bicyclic) bond motifs is 1. The van der Waals surface area contributed by atoms with Crippen LogP contribution in [0.4, 0.5) is 0 Å². The van der Waals surface area contributed by atoms with Crippen LogP contribution in [0.2, 0.25) is 0 Å². The van der Waals surface area contributed by atoms with Gasteiger partial charge in [0.1, 0.15) is 4.21 Å². The average Bonchev–Trinajstić information content (AvgIpc) is 3.07. The minimum absolute atomic E-state index is 0.324. The highest BCUT2D eigenvalue weighted by Crippen LogP contribution is 2.26. The molecule has 0 spiro atoms. The van der Waals surface area contributed by atoms with Gasteiger partial charge in [-0.25, -0.2) is 13.1 Å². The van der Waals surface area contributed by atoms with E-state index in [0.29, 0.717) is 10.8 Å². The van der Waals surface area contributed by atoms with Crippen molar-refractivity contribution < 1.29 is 8.42 Å². The van der Waals surface area contributed by atoms with E-state index in [1.165, 1.54) is 16.0 Å². The molecule has 0 amide bonds. The first-order valence-corrected chi connectivity index (χ1v) is 8.89. The first-order valence-electron chi connectivity index (χ1n) is 5.65. The lowest BCUT2D eigenvalue weighted by Crippen LogP contribution is -2.22. The van der Waals surface area contributed by atoms with Gasteiger partial charge in [-0.15, -0.1) is 22.7 Å². The molecule has 98 valence electrons. The third-order valence-corrected chi connectivity index (χ3v) is 6.58. The average molecular weight is 309 g/mol. The van der Waals surface area contributed by atoms with Crippen molar-refractivity contribution in [1.29, 1.82) is 0 Å². The van der Waals surface area contributed by atoms with E-state index in [1.54, 1.807) is 28.8 Å². The van der Waals surface area contributed by atoms with E-state index in [0.717, 1.165) is 10.9 Å². The quantitative estimate of drug-likeness (QED) is 0.802. The van der Waals surface area contributed by atoms with E-state index in [4.69, 9.17) is 0 Å². The van der Waals surface area contributed by atoms with Crippen molar-refractivity contribution in [1.82, 2.24) is 4.72 Å². The Balaban J connectivity index is 1.83. The Labute approximate surface area is 119 Å². The standard InChI is InChI=1S/C13H11NO2S3/c15-19(16,13-6-3-7-17-13)14-8-10-9-18-12-5-2-1-4-11(10)12/h1-7,9,14H,8H2. The van der Waals surface area contributed by atoms with Crippen LogP contribution in [0.25, 0.3) is 10.1 Å². The van der Waals surface area contributed by atoms with Crippen LogP contribution < -0.4 is 4.72 Å². The van der Waals surface area contributed by atoms with Crippen molar-refractivity contribution in [3.63, 3.8) is 0 Å². The zero-order valence-electron chi connectivity index (χ0n) is 9.87. The molecule has 0 aliphatic rings. The Morgan fingerprint density at radius 1 is 1.05 bits per heavy atom. The van der Waals surface area contributed by atoms with Crippen molar-refractivity contribution >= 4 is 42.8 Å². The molecule has 3 nitrogen and oxygen atoms in total. The van der Waals surface area contributed by atoms with Crippen LogP contribution in [0.3, 0.4) is 0 Å². The summed E-state index contributed by atoms with van der Waals surface area (Å²) in [6, 6.07) is 11.3. The highest BCUT2D eigenvalue weighted by molar-refractivity contribution is 7.91. The summed E-state index contributed by atoms with van der Waals surface area (Å²) >= 11 is 2.85. The molecule has 0 atom stereocenters. The van der Waals surface area contributed by atoms with E-state index < -0.39 is 10.0 Å². The molecule has 19 heavy (non-hydrogen) atoms. The molecule has 0 fully saturated rings. The fourth-order valence-corrected chi connectivity index (χ4v) is 4.84. The second-order valence-corrected chi connectivity index (χ2v) is 7.87. The van der Waals surface area contributed by atoms with Crippen molar-refractivity contribution in [3.05, 3.63) is 52.7 Å². The van der Waals surface area contributed by atoms with Gasteiger partial charge in [0, 0.05) is 11.2 Å². The lowest BCUT2D eigenvalue weighted by Gasteiger charge is -2.03. The SMILES string of the molecule is O=S(=O)(NCc1csc2ccccc12)c1cccs1. The molecular weight excluding hydrogens is 298 g/mol. The maximum Gasteiger partial charge on any atom is 0.250 e. The first kappa shape index (κ1) is 12.8. The zero-order chi connectivity index (χ0) is 13.3. The molecule has 1 N–H and O–H groups in total. The molecule has 0 aliphatic carbocycles. The van der Waals surface area contributed by atoms with Crippen molar-refractivity contribution in [2.24, 2.45) is 0 Å². The van der Waals surface area contributed by atoms with Gasteiger partial charge in [0.2, 0.25) is 10.0 Å². The summed E-state index contributed by atoms with van der Waals surface area (Å²) in [6.07, 6.45) is 0. The minimum Gasteiger partial charge on any atom is -0.206 e. The number of hydrogen-bond donors (Lipinski definition) is 1. The summed E-state index contributed by atoms with van der Waals surface area (Å²) in [4.78, 5) is 0. The van der Waals surface area contributed by atoms with Crippen LogP contribution >= 0.6 is 22.7 Å². The number of benzene rings is 1. The fourth-order valence-electron chi connectivity index (χ4n) is 1.83. The lowest BCUT2D eigenvalue weighted by molar-refractivity contribution is 0.584. The van der Waals surface area contributed by atoms with Gasteiger partial charge in [-0.3, -0.25) is 0 Å². The lowest BCUT2D eigenvalue weighted by atomic mass is 10.2. The van der Waals surface area contributed by atoms with Crippen molar-refractivity contribution in [2.75, 3.05) is 0 Å². The molecule has 0 aliphatic heterocycles. The van der Waals surface area contributed by atoms with Gasteiger partial charge in [0.25, 0.3) is 0 Å². The Kier molecular flexibility index (Phi) is 3.40. The fraction of sp³-hybridized carbons (Fsp3) is 0.0769. The molecule has 0 bridgehead atoms. The van der Waals surface area contributed by atoms with Gasteiger partial charge in [0.05, 0.1) is 0 Å². The van der Waals surface area contributed by atoms with Crippen LogP contribution in [0, 0.1) is 0 Å². The van der Waals surface area contributed by atoms with Crippen molar-refractivity contribution in [3.8, 4) is 0 Å². The van der Waals surface area contributed by atoms with E-state index in [-0.39, 0.29) is 0 Å². The molecule has 0 saturated carbocycles. The molecule has 3 aromatic rings. The summed E-state index contributed by atoms with van der Waals surface area (Å²) in [7, 11) is -3.39. The molecule has 2 aromatic heterocycles. The number of sulfonamides is 1. The Hall–Kier alpha value is -1.21. The largest absolute Gasteiger partial charge is 0.250 e. The van der Waals surface area contributed by atoms with Crippen molar-refractivity contribution in [2.45, 2.75) is 10.8 Å².